The van der Waals surface area contributed by atoms with Crippen LogP contribution in [0.25, 0.3) is 22.0 Å². The molecule has 2 aliphatic rings. The first-order valence-corrected chi connectivity index (χ1v) is 19.3. The number of hydrogen-bond acceptors (Lipinski definition) is 7. The Bertz CT molecular complexity index is 2410. The van der Waals surface area contributed by atoms with E-state index in [1.165, 1.54) is 4.68 Å². The Balaban J connectivity index is 1.50. The first-order chi connectivity index (χ1) is 26.6. The molecular weight excluding hydrogens is 799 g/mol. The topological polar surface area (TPSA) is 141 Å². The average Bonchev–Trinajstić information content (AvgIpc) is 3.86. The highest BCUT2D eigenvalue weighted by Gasteiger charge is 2.52. The lowest BCUT2D eigenvalue weighted by molar-refractivity contribution is -0.120. The SMILES string of the molecule is C[C@H]1CC(F)(F)C(=NCC(=O)NC(Cc2cc(F)cc(F)c2)c2nc(C#CC(C)(C)S(=O)C3CC3)ccc2-c2ccc(Cl)c3c(N)nn(C)c23)C1=C(N)C(F)(F)F. The van der Waals surface area contributed by atoms with Crippen LogP contribution >= 0.6 is 11.6 Å². The summed E-state index contributed by atoms with van der Waals surface area (Å²) in [6.45, 7) is 3.55. The molecule has 0 aliphatic heterocycles. The highest BCUT2D eigenvalue weighted by molar-refractivity contribution is 7.87. The van der Waals surface area contributed by atoms with Crippen LogP contribution in [0, 0.1) is 29.4 Å². The Labute approximate surface area is 330 Å². The van der Waals surface area contributed by atoms with Crippen molar-refractivity contribution in [3.8, 4) is 23.0 Å². The lowest BCUT2D eigenvalue weighted by Gasteiger charge is -2.23. The van der Waals surface area contributed by atoms with E-state index >= 15 is 8.78 Å². The van der Waals surface area contributed by atoms with Crippen LogP contribution in [0.4, 0.5) is 36.6 Å². The van der Waals surface area contributed by atoms with Crippen molar-refractivity contribution in [3.05, 3.63) is 87.3 Å². The van der Waals surface area contributed by atoms with Gasteiger partial charge in [0, 0.05) is 52.3 Å². The number of hydrogen-bond donors (Lipinski definition) is 3. The summed E-state index contributed by atoms with van der Waals surface area (Å²) in [6, 6.07) is 7.84. The molecule has 18 heteroatoms. The maximum atomic E-state index is 15.1. The normalized spacial score (nSPS) is 19.6. The summed E-state index contributed by atoms with van der Waals surface area (Å²) < 4.78 is 114. The van der Waals surface area contributed by atoms with E-state index in [1.807, 2.05) is 0 Å². The van der Waals surface area contributed by atoms with Gasteiger partial charge in [0.25, 0.3) is 5.92 Å². The van der Waals surface area contributed by atoms with E-state index in [0.717, 1.165) is 31.9 Å². The van der Waals surface area contributed by atoms with E-state index in [2.05, 4.69) is 27.2 Å². The molecule has 2 aromatic carbocycles. The second kappa shape index (κ2) is 15.4. The summed E-state index contributed by atoms with van der Waals surface area (Å²) in [5, 5.41) is 7.64. The molecule has 2 unspecified atom stereocenters. The van der Waals surface area contributed by atoms with Gasteiger partial charge in [-0.2, -0.15) is 27.1 Å². The number of aryl methyl sites for hydroxylation is 1. The van der Waals surface area contributed by atoms with Crippen molar-refractivity contribution in [2.45, 2.75) is 74.6 Å². The zero-order valence-corrected chi connectivity index (χ0v) is 32.6. The molecule has 1 amide bonds. The number of rotatable bonds is 9. The monoisotopic (exact) mass is 835 g/mol. The van der Waals surface area contributed by atoms with Gasteiger partial charge in [-0.1, -0.05) is 30.5 Å². The Morgan fingerprint density at radius 2 is 1.77 bits per heavy atom. The summed E-state index contributed by atoms with van der Waals surface area (Å²) in [6.07, 6.45) is -4.83. The molecule has 3 atom stereocenters. The molecule has 2 fully saturated rings. The van der Waals surface area contributed by atoms with Crippen molar-refractivity contribution >= 4 is 50.7 Å². The number of pyridine rings is 1. The molecule has 2 heterocycles. The molecule has 302 valence electrons. The molecule has 9 nitrogen and oxygen atoms in total. The van der Waals surface area contributed by atoms with E-state index in [9.17, 15) is 31.0 Å². The van der Waals surface area contributed by atoms with Gasteiger partial charge in [0.1, 0.15) is 40.0 Å². The Morgan fingerprint density at radius 1 is 1.12 bits per heavy atom. The third-order valence-corrected chi connectivity index (χ3v) is 12.2. The number of benzene rings is 2. The molecule has 0 saturated heterocycles. The number of nitrogens with two attached hydrogens (primary N) is 2. The third-order valence-electron chi connectivity index (χ3n) is 9.66. The summed E-state index contributed by atoms with van der Waals surface area (Å²) in [5.74, 6) is -1.94. The predicted molar refractivity (Wildman–Crippen MR) is 205 cm³/mol. The highest BCUT2D eigenvalue weighted by Crippen LogP contribution is 2.44. The number of amides is 1. The van der Waals surface area contributed by atoms with Gasteiger partial charge in [0.15, 0.2) is 5.82 Å². The van der Waals surface area contributed by atoms with Crippen LogP contribution < -0.4 is 16.8 Å². The molecule has 5 N–H and O–H groups in total. The molecule has 2 aromatic heterocycles. The number of aliphatic imine (C=N–C) groups is 1. The third kappa shape index (κ3) is 8.81. The lowest BCUT2D eigenvalue weighted by Crippen LogP contribution is -2.34. The van der Waals surface area contributed by atoms with Gasteiger partial charge in [0.2, 0.25) is 5.91 Å². The van der Waals surface area contributed by atoms with Gasteiger partial charge in [-0.3, -0.25) is 18.7 Å². The minimum atomic E-state index is -5.14. The average molecular weight is 836 g/mol. The van der Waals surface area contributed by atoms with Crippen LogP contribution in [0.2, 0.25) is 5.02 Å². The summed E-state index contributed by atoms with van der Waals surface area (Å²) in [7, 11) is 0.345. The van der Waals surface area contributed by atoms with Crippen molar-refractivity contribution in [3.63, 3.8) is 0 Å². The number of carbonyl (C=O) groups is 1. The van der Waals surface area contributed by atoms with Crippen molar-refractivity contribution in [1.29, 1.82) is 0 Å². The molecule has 57 heavy (non-hydrogen) atoms. The second-order valence-corrected chi connectivity index (χ2v) is 17.3. The van der Waals surface area contributed by atoms with Crippen LogP contribution in [0.3, 0.4) is 0 Å². The number of fused-ring (bicyclic) bond motifs is 1. The maximum Gasteiger partial charge on any atom is 0.431 e. The zero-order valence-electron chi connectivity index (χ0n) is 31.0. The van der Waals surface area contributed by atoms with Gasteiger partial charge < -0.3 is 16.8 Å². The van der Waals surface area contributed by atoms with E-state index in [-0.39, 0.29) is 39.5 Å². The van der Waals surface area contributed by atoms with E-state index in [1.54, 1.807) is 45.2 Å². The molecule has 2 aliphatic carbocycles. The fraction of sp³-hybridized carbons (Fsp3) is 0.385. The molecule has 2 saturated carbocycles. The number of nitrogens with one attached hydrogen (secondary N) is 1. The number of allylic oxidation sites excluding steroid dienone is 2. The van der Waals surface area contributed by atoms with Crippen molar-refractivity contribution in [1.82, 2.24) is 20.1 Å². The fourth-order valence-electron chi connectivity index (χ4n) is 6.96. The van der Waals surface area contributed by atoms with Crippen LogP contribution in [0.5, 0.6) is 0 Å². The van der Waals surface area contributed by atoms with Gasteiger partial charge >= 0.3 is 6.18 Å². The highest BCUT2D eigenvalue weighted by atomic mass is 35.5. The Morgan fingerprint density at radius 3 is 2.40 bits per heavy atom. The summed E-state index contributed by atoms with van der Waals surface area (Å²) in [5.41, 5.74) is 9.13. The van der Waals surface area contributed by atoms with Crippen LogP contribution in [0.1, 0.15) is 63.0 Å². The molecule has 6 rings (SSSR count). The quantitative estimate of drug-likeness (QED) is 0.118. The minimum absolute atomic E-state index is 0.0255. The van der Waals surface area contributed by atoms with E-state index in [4.69, 9.17) is 28.1 Å². The summed E-state index contributed by atoms with van der Waals surface area (Å²) in [4.78, 5) is 22.2. The Hall–Kier alpha value is -4.95. The second-order valence-electron chi connectivity index (χ2n) is 14.6. The van der Waals surface area contributed by atoms with Crippen LogP contribution in [0.15, 0.2) is 58.7 Å². The molecule has 0 radical (unpaired) electrons. The fourth-order valence-corrected chi connectivity index (χ4v) is 8.76. The van der Waals surface area contributed by atoms with Gasteiger partial charge in [-0.15, -0.1) is 0 Å². The van der Waals surface area contributed by atoms with Crippen molar-refractivity contribution in [2.75, 3.05) is 12.3 Å². The predicted octanol–water partition coefficient (Wildman–Crippen LogP) is 7.48. The van der Waals surface area contributed by atoms with Crippen LogP contribution in [-0.2, 0) is 29.1 Å². The minimum Gasteiger partial charge on any atom is -0.394 e. The van der Waals surface area contributed by atoms with Gasteiger partial charge in [-0.25, -0.2) is 13.8 Å². The van der Waals surface area contributed by atoms with Crippen molar-refractivity contribution in [2.24, 2.45) is 23.7 Å². The number of alkyl halides is 5. The molecular formula is C39H37ClF7N7O2S. The number of nitrogens with zero attached hydrogens (tertiary/aromatic N) is 4. The first-order valence-electron chi connectivity index (χ1n) is 17.7. The van der Waals surface area contributed by atoms with Gasteiger partial charge in [-0.05, 0) is 80.8 Å². The van der Waals surface area contributed by atoms with E-state index in [0.29, 0.717) is 28.1 Å². The van der Waals surface area contributed by atoms with Crippen LogP contribution in [-0.4, -0.2) is 59.2 Å². The number of anilines is 1. The number of halogens is 8. The van der Waals surface area contributed by atoms with Gasteiger partial charge in [0.05, 0.1) is 27.7 Å². The standard InChI is InChI=1S/C39H37ClF7N7O2S/c1-19-17-38(43,44)35(30(19)34(48)39(45,46)47)50-18-29(55)52-28(15-20-13-21(41)16-22(42)14-20)32-25(26-9-10-27(40)31-33(26)54(4)53-36(31)49)8-5-23(51-32)11-12-37(2,3)57(56)24-6-7-24/h5,8-10,13-14,16,19,24,28H,6-7,15,17-18,48H2,1-4H3,(H2,49,53)(H,52,55)/t19-,28?,57?/m0/s1. The number of nitrogen functional groups attached to an aromatic ring is 1. The molecule has 0 bridgehead atoms. The van der Waals surface area contributed by atoms with E-state index < -0.39 is 87.1 Å². The first kappa shape index (κ1) is 41.7. The zero-order chi connectivity index (χ0) is 41.8. The summed E-state index contributed by atoms with van der Waals surface area (Å²) >= 11 is 6.52. The maximum absolute atomic E-state index is 15.1. The molecule has 4 aromatic rings. The number of carbonyl (C=O) groups excluding carboxylic acids is 1. The Kier molecular flexibility index (Phi) is 11.3. The number of aromatic nitrogens is 3. The largest absolute Gasteiger partial charge is 0.431 e. The lowest BCUT2D eigenvalue weighted by atomic mass is 9.93. The molecule has 0 spiro atoms. The van der Waals surface area contributed by atoms with Crippen molar-refractivity contribution < 1.29 is 39.7 Å². The smallest absolute Gasteiger partial charge is 0.394 e.